The normalized spacial score (nSPS) is 13.5. The van der Waals surface area contributed by atoms with Gasteiger partial charge in [0, 0.05) is 15.5 Å². The number of thiophene rings is 1. The molecule has 0 aliphatic rings. The molecule has 0 fully saturated rings. The first kappa shape index (κ1) is 9.06. The fourth-order valence-corrected chi connectivity index (χ4v) is 3.31. The molecule has 0 aliphatic carbocycles. The van der Waals surface area contributed by atoms with Gasteiger partial charge in [0.15, 0.2) is 4.90 Å². The molecule has 13 heavy (non-hydrogen) atoms. The summed E-state index contributed by atoms with van der Waals surface area (Å²) in [4.78, 5) is 0.922. The second-order valence-corrected chi connectivity index (χ2v) is 5.14. The highest BCUT2D eigenvalue weighted by Crippen LogP contribution is 2.29. The van der Waals surface area contributed by atoms with Crippen LogP contribution in [-0.2, 0) is 11.2 Å². The molecular weight excluding hydrogens is 200 g/mol. The molecule has 0 saturated heterocycles. The second-order valence-electron chi connectivity index (χ2n) is 2.88. The van der Waals surface area contributed by atoms with Gasteiger partial charge in [0.25, 0.3) is 0 Å². The van der Waals surface area contributed by atoms with Crippen molar-refractivity contribution in [1.29, 1.82) is 0 Å². The highest BCUT2D eigenvalue weighted by atomic mass is 32.2. The SMILES string of the molecule is [CH2]c1ccc2scc([S+](C)[O-])c2c1. The van der Waals surface area contributed by atoms with E-state index < -0.39 is 11.2 Å². The largest absolute Gasteiger partial charge is 0.612 e. The molecule has 1 aromatic carbocycles. The summed E-state index contributed by atoms with van der Waals surface area (Å²) in [5.74, 6) is 0. The average Bonchev–Trinajstić information content (AvgIpc) is 2.46. The summed E-state index contributed by atoms with van der Waals surface area (Å²) in [6.45, 7) is 3.86. The van der Waals surface area contributed by atoms with Gasteiger partial charge in [0.05, 0.1) is 0 Å². The molecule has 3 heteroatoms. The predicted molar refractivity (Wildman–Crippen MR) is 58.6 cm³/mol. The molecule has 0 spiro atoms. The van der Waals surface area contributed by atoms with Gasteiger partial charge in [0.2, 0.25) is 0 Å². The molecular formula is C10H9OS2. The summed E-state index contributed by atoms with van der Waals surface area (Å²) >= 11 is 0.732. The Kier molecular flexibility index (Phi) is 2.32. The van der Waals surface area contributed by atoms with E-state index in [0.717, 1.165) is 15.8 Å². The summed E-state index contributed by atoms with van der Waals surface area (Å²) in [6, 6.07) is 5.99. The van der Waals surface area contributed by atoms with E-state index in [1.54, 1.807) is 17.6 Å². The van der Waals surface area contributed by atoms with Crippen LogP contribution in [0.15, 0.2) is 28.5 Å². The van der Waals surface area contributed by atoms with Crippen molar-refractivity contribution in [3.63, 3.8) is 0 Å². The quantitative estimate of drug-likeness (QED) is 0.662. The Morgan fingerprint density at radius 3 is 2.92 bits per heavy atom. The maximum absolute atomic E-state index is 11.3. The number of hydrogen-bond donors (Lipinski definition) is 0. The smallest absolute Gasteiger partial charge is 0.170 e. The van der Waals surface area contributed by atoms with Crippen LogP contribution >= 0.6 is 11.3 Å². The standard InChI is InChI=1S/C10H9OS2/c1-7-3-4-9-8(5-7)10(6-12-9)13(2)11/h3-6H,1H2,2H3. The van der Waals surface area contributed by atoms with Gasteiger partial charge in [-0.1, -0.05) is 6.07 Å². The van der Waals surface area contributed by atoms with Crippen LogP contribution in [0.4, 0.5) is 0 Å². The van der Waals surface area contributed by atoms with Crippen LogP contribution in [-0.4, -0.2) is 10.8 Å². The van der Waals surface area contributed by atoms with E-state index in [0.29, 0.717) is 0 Å². The molecule has 67 valence electrons. The van der Waals surface area contributed by atoms with Crippen LogP contribution in [0.25, 0.3) is 10.1 Å². The Bertz CT molecular complexity index is 431. The minimum atomic E-state index is -0.898. The highest BCUT2D eigenvalue weighted by Gasteiger charge is 2.11. The molecule has 1 nitrogen and oxygen atoms in total. The van der Waals surface area contributed by atoms with E-state index in [-0.39, 0.29) is 0 Å². The molecule has 1 unspecified atom stereocenters. The highest BCUT2D eigenvalue weighted by molar-refractivity contribution is 7.91. The van der Waals surface area contributed by atoms with Crippen LogP contribution in [0.5, 0.6) is 0 Å². The third-order valence-corrected chi connectivity index (χ3v) is 3.98. The molecule has 0 amide bonds. The lowest BCUT2D eigenvalue weighted by atomic mass is 10.2. The van der Waals surface area contributed by atoms with Gasteiger partial charge in [-0.05, 0) is 35.8 Å². The lowest BCUT2D eigenvalue weighted by molar-refractivity contribution is 0.602. The van der Waals surface area contributed by atoms with Crippen LogP contribution < -0.4 is 0 Å². The fraction of sp³-hybridized carbons (Fsp3) is 0.100. The third kappa shape index (κ3) is 1.59. The maximum atomic E-state index is 11.3. The molecule has 1 radical (unpaired) electrons. The Balaban J connectivity index is 2.71. The Labute approximate surface area is 84.6 Å². The first-order valence-electron chi connectivity index (χ1n) is 3.85. The van der Waals surface area contributed by atoms with Gasteiger partial charge in [0.1, 0.15) is 6.26 Å². The third-order valence-electron chi connectivity index (χ3n) is 1.91. The van der Waals surface area contributed by atoms with Crippen LogP contribution in [0.2, 0.25) is 0 Å². The minimum Gasteiger partial charge on any atom is -0.612 e. The van der Waals surface area contributed by atoms with E-state index in [2.05, 4.69) is 6.92 Å². The average molecular weight is 209 g/mol. The van der Waals surface area contributed by atoms with Crippen molar-refractivity contribution >= 4 is 32.6 Å². The van der Waals surface area contributed by atoms with Crippen molar-refractivity contribution in [3.8, 4) is 0 Å². The van der Waals surface area contributed by atoms with E-state index in [4.69, 9.17) is 0 Å². The lowest BCUT2D eigenvalue weighted by Gasteiger charge is -2.01. The van der Waals surface area contributed by atoms with Crippen LogP contribution in [0.3, 0.4) is 0 Å². The molecule has 2 aromatic rings. The van der Waals surface area contributed by atoms with Crippen molar-refractivity contribution in [2.75, 3.05) is 6.26 Å². The summed E-state index contributed by atoms with van der Waals surface area (Å²) in [7, 11) is 0. The van der Waals surface area contributed by atoms with Gasteiger partial charge in [-0.15, -0.1) is 11.3 Å². The van der Waals surface area contributed by atoms with Crippen molar-refractivity contribution in [3.05, 3.63) is 36.1 Å². The fourth-order valence-electron chi connectivity index (χ4n) is 1.28. The van der Waals surface area contributed by atoms with Crippen molar-refractivity contribution in [1.82, 2.24) is 0 Å². The first-order chi connectivity index (χ1) is 6.18. The summed E-state index contributed by atoms with van der Waals surface area (Å²) in [5.41, 5.74) is 0.970. The van der Waals surface area contributed by atoms with Gasteiger partial charge in [-0.3, -0.25) is 0 Å². The zero-order chi connectivity index (χ0) is 9.42. The molecule has 1 atom stereocenters. The minimum absolute atomic E-state index is 0.898. The van der Waals surface area contributed by atoms with Gasteiger partial charge in [-0.2, -0.15) is 0 Å². The van der Waals surface area contributed by atoms with E-state index in [1.165, 1.54) is 4.70 Å². The van der Waals surface area contributed by atoms with Crippen molar-refractivity contribution < 1.29 is 4.55 Å². The molecule has 2 rings (SSSR count). The summed E-state index contributed by atoms with van der Waals surface area (Å²) < 4.78 is 12.5. The van der Waals surface area contributed by atoms with E-state index in [1.807, 2.05) is 23.6 Å². The Hall–Kier alpha value is -0.510. The van der Waals surface area contributed by atoms with Crippen LogP contribution in [0.1, 0.15) is 5.56 Å². The molecule has 1 aromatic heterocycles. The number of benzene rings is 1. The van der Waals surface area contributed by atoms with E-state index in [9.17, 15) is 4.55 Å². The molecule has 0 bridgehead atoms. The second kappa shape index (κ2) is 3.33. The monoisotopic (exact) mass is 209 g/mol. The lowest BCUT2D eigenvalue weighted by Crippen LogP contribution is -1.94. The topological polar surface area (TPSA) is 23.1 Å². The maximum Gasteiger partial charge on any atom is 0.170 e. The molecule has 0 aliphatic heterocycles. The summed E-state index contributed by atoms with van der Waals surface area (Å²) in [6.07, 6.45) is 1.71. The van der Waals surface area contributed by atoms with Gasteiger partial charge < -0.3 is 4.55 Å². The number of hydrogen-bond acceptors (Lipinski definition) is 2. The number of rotatable bonds is 1. The Morgan fingerprint density at radius 2 is 2.23 bits per heavy atom. The zero-order valence-corrected chi connectivity index (χ0v) is 8.87. The predicted octanol–water partition coefficient (Wildman–Crippen LogP) is 2.82. The zero-order valence-electron chi connectivity index (χ0n) is 7.24. The van der Waals surface area contributed by atoms with Crippen molar-refractivity contribution in [2.45, 2.75) is 4.90 Å². The van der Waals surface area contributed by atoms with Gasteiger partial charge >= 0.3 is 0 Å². The van der Waals surface area contributed by atoms with Crippen molar-refractivity contribution in [2.24, 2.45) is 0 Å². The Morgan fingerprint density at radius 1 is 1.46 bits per heavy atom. The molecule has 0 saturated carbocycles. The molecule has 0 N–H and O–H groups in total. The number of fused-ring (bicyclic) bond motifs is 1. The summed E-state index contributed by atoms with van der Waals surface area (Å²) in [5, 5.41) is 3.04. The van der Waals surface area contributed by atoms with Gasteiger partial charge in [-0.25, -0.2) is 0 Å². The molecule has 1 heterocycles. The first-order valence-corrected chi connectivity index (χ1v) is 6.29. The van der Waals surface area contributed by atoms with E-state index >= 15 is 0 Å². The van der Waals surface area contributed by atoms with Crippen LogP contribution in [0, 0.1) is 6.92 Å².